The van der Waals surface area contributed by atoms with Gasteiger partial charge in [-0.2, -0.15) is 0 Å². The van der Waals surface area contributed by atoms with Gasteiger partial charge in [-0.15, -0.1) is 0 Å². The van der Waals surface area contributed by atoms with Crippen LogP contribution in [0.1, 0.15) is 26.3 Å². The highest BCUT2D eigenvalue weighted by Gasteiger charge is 2.26. The van der Waals surface area contributed by atoms with Crippen LogP contribution in [0.4, 0.5) is 0 Å². The molecule has 20 heavy (non-hydrogen) atoms. The molecule has 7 heteroatoms. The van der Waals surface area contributed by atoms with Crippen LogP contribution in [0.15, 0.2) is 17.0 Å². The quantitative estimate of drug-likeness (QED) is 0.885. The molecule has 112 valence electrons. The maximum atomic E-state index is 12.2. The summed E-state index contributed by atoms with van der Waals surface area (Å²) in [6.45, 7) is 5.57. The molecule has 0 fully saturated rings. The van der Waals surface area contributed by atoms with E-state index in [-0.39, 0.29) is 17.5 Å². The molecule has 1 aliphatic rings. The van der Waals surface area contributed by atoms with Crippen molar-refractivity contribution in [3.63, 3.8) is 0 Å². The zero-order valence-corrected chi connectivity index (χ0v) is 13.3. The first-order chi connectivity index (χ1) is 9.08. The van der Waals surface area contributed by atoms with Crippen molar-refractivity contribution in [3.8, 4) is 5.75 Å². The predicted molar refractivity (Wildman–Crippen MR) is 78.7 cm³/mol. The Morgan fingerprint density at radius 3 is 2.75 bits per heavy atom. The maximum absolute atomic E-state index is 12.2. The van der Waals surface area contributed by atoms with Crippen molar-refractivity contribution >= 4 is 21.6 Å². The highest BCUT2D eigenvalue weighted by Crippen LogP contribution is 2.37. The minimum absolute atomic E-state index is 0.0105. The minimum atomic E-state index is -3.63. The Kier molecular flexibility index (Phi) is 4.03. The van der Waals surface area contributed by atoms with E-state index in [1.54, 1.807) is 19.9 Å². The van der Waals surface area contributed by atoms with Crippen molar-refractivity contribution in [3.05, 3.63) is 22.7 Å². The molecule has 0 saturated carbocycles. The highest BCUT2D eigenvalue weighted by molar-refractivity contribution is 7.89. The van der Waals surface area contributed by atoms with Crippen molar-refractivity contribution < 1.29 is 13.2 Å². The van der Waals surface area contributed by atoms with Gasteiger partial charge in [-0.3, -0.25) is 0 Å². The summed E-state index contributed by atoms with van der Waals surface area (Å²) in [4.78, 5) is 0.142. The van der Waals surface area contributed by atoms with E-state index in [2.05, 4.69) is 4.72 Å². The van der Waals surface area contributed by atoms with Crippen molar-refractivity contribution in [2.45, 2.75) is 43.7 Å². The van der Waals surface area contributed by atoms with E-state index in [4.69, 9.17) is 22.1 Å². The first-order valence-electron chi connectivity index (χ1n) is 6.36. The summed E-state index contributed by atoms with van der Waals surface area (Å²) in [6.07, 6.45) is 0.664. The van der Waals surface area contributed by atoms with E-state index in [1.807, 2.05) is 6.92 Å². The Balaban J connectivity index is 2.30. The third kappa shape index (κ3) is 3.44. The summed E-state index contributed by atoms with van der Waals surface area (Å²) in [6, 6.07) is 3.01. The molecular formula is C13H19ClN2O3S. The number of rotatable bonds is 4. The molecule has 1 aliphatic heterocycles. The molecule has 0 aromatic heterocycles. The lowest BCUT2D eigenvalue weighted by atomic mass is 10.1. The molecular weight excluding hydrogens is 300 g/mol. The highest BCUT2D eigenvalue weighted by atomic mass is 35.5. The monoisotopic (exact) mass is 318 g/mol. The molecule has 1 unspecified atom stereocenters. The van der Waals surface area contributed by atoms with Crippen molar-refractivity contribution in [2.24, 2.45) is 5.73 Å². The lowest BCUT2D eigenvalue weighted by Crippen LogP contribution is -2.45. The Bertz CT molecular complexity index is 623. The van der Waals surface area contributed by atoms with Crippen LogP contribution in [-0.4, -0.2) is 26.6 Å². The van der Waals surface area contributed by atoms with Gasteiger partial charge in [0.25, 0.3) is 0 Å². The summed E-state index contributed by atoms with van der Waals surface area (Å²) in [7, 11) is -3.63. The Labute approximate surface area is 124 Å². The first kappa shape index (κ1) is 15.6. The molecule has 3 N–H and O–H groups in total. The lowest BCUT2D eigenvalue weighted by Gasteiger charge is -2.19. The van der Waals surface area contributed by atoms with Crippen LogP contribution < -0.4 is 15.2 Å². The number of sulfonamides is 1. The average molecular weight is 319 g/mol. The third-order valence-corrected chi connectivity index (χ3v) is 4.61. The second-order valence-corrected chi connectivity index (χ2v) is 8.01. The summed E-state index contributed by atoms with van der Waals surface area (Å²) < 4.78 is 32.5. The van der Waals surface area contributed by atoms with E-state index in [0.29, 0.717) is 17.2 Å². The third-order valence-electron chi connectivity index (χ3n) is 2.95. The van der Waals surface area contributed by atoms with Crippen molar-refractivity contribution in [2.75, 3.05) is 6.54 Å². The number of nitrogens with one attached hydrogen (secondary N) is 1. The van der Waals surface area contributed by atoms with Gasteiger partial charge in [0.15, 0.2) is 0 Å². The topological polar surface area (TPSA) is 81.4 Å². The molecule has 1 aromatic rings. The number of ether oxygens (including phenoxy) is 1. The van der Waals surface area contributed by atoms with Crippen LogP contribution in [0.25, 0.3) is 0 Å². The van der Waals surface area contributed by atoms with E-state index < -0.39 is 15.6 Å². The van der Waals surface area contributed by atoms with Crippen molar-refractivity contribution in [1.82, 2.24) is 4.72 Å². The predicted octanol–water partition coefficient (Wildman–Crippen LogP) is 1.68. The molecule has 1 atom stereocenters. The van der Waals surface area contributed by atoms with Gasteiger partial charge >= 0.3 is 0 Å². The smallest absolute Gasteiger partial charge is 0.240 e. The SMILES string of the molecule is CC1Cc2cc(S(=O)(=O)NCC(C)(C)N)cc(Cl)c2O1. The molecule has 0 saturated heterocycles. The molecule has 1 heterocycles. The van der Waals surface area contributed by atoms with Gasteiger partial charge in [0.1, 0.15) is 11.9 Å². The molecule has 0 radical (unpaired) electrons. The standard InChI is InChI=1S/C13H19ClN2O3S/c1-8-4-9-5-10(6-11(14)12(9)19-8)20(17,18)16-7-13(2,3)15/h5-6,8,16H,4,7,15H2,1-3H3. The summed E-state index contributed by atoms with van der Waals surface area (Å²) in [5.74, 6) is 0.581. The Morgan fingerprint density at radius 2 is 2.15 bits per heavy atom. The molecule has 1 aromatic carbocycles. The number of benzene rings is 1. The molecule has 0 bridgehead atoms. The van der Waals surface area contributed by atoms with E-state index in [9.17, 15) is 8.42 Å². The van der Waals surface area contributed by atoms with Gasteiger partial charge in [0.05, 0.1) is 9.92 Å². The zero-order valence-electron chi connectivity index (χ0n) is 11.7. The number of hydrogen-bond donors (Lipinski definition) is 2. The fourth-order valence-electron chi connectivity index (χ4n) is 1.98. The van der Waals surface area contributed by atoms with Gasteiger partial charge in [0.2, 0.25) is 10.0 Å². The molecule has 2 rings (SSSR count). The van der Waals surface area contributed by atoms with Crippen LogP contribution >= 0.6 is 11.6 Å². The average Bonchev–Trinajstić information content (AvgIpc) is 2.67. The largest absolute Gasteiger partial charge is 0.489 e. The van der Waals surface area contributed by atoms with Crippen molar-refractivity contribution in [1.29, 1.82) is 0 Å². The van der Waals surface area contributed by atoms with Crippen LogP contribution in [0.3, 0.4) is 0 Å². The molecule has 0 aliphatic carbocycles. The van der Waals surface area contributed by atoms with Crippen LogP contribution in [-0.2, 0) is 16.4 Å². The maximum Gasteiger partial charge on any atom is 0.240 e. The van der Waals surface area contributed by atoms with Gasteiger partial charge < -0.3 is 10.5 Å². The normalized spacial score (nSPS) is 18.8. The van der Waals surface area contributed by atoms with Gasteiger partial charge in [-0.05, 0) is 32.9 Å². The first-order valence-corrected chi connectivity index (χ1v) is 8.22. The van der Waals surface area contributed by atoms with E-state index in [1.165, 1.54) is 6.07 Å². The summed E-state index contributed by atoms with van der Waals surface area (Å²) >= 11 is 6.09. The summed E-state index contributed by atoms with van der Waals surface area (Å²) in [5.41, 5.74) is 5.98. The second-order valence-electron chi connectivity index (χ2n) is 5.84. The van der Waals surface area contributed by atoms with Gasteiger partial charge in [0, 0.05) is 24.1 Å². The molecule has 5 nitrogen and oxygen atoms in total. The van der Waals surface area contributed by atoms with E-state index >= 15 is 0 Å². The van der Waals surface area contributed by atoms with Crippen LogP contribution in [0, 0.1) is 0 Å². The number of nitrogens with two attached hydrogens (primary N) is 1. The fraction of sp³-hybridized carbons (Fsp3) is 0.538. The molecule has 0 spiro atoms. The number of halogens is 1. The van der Waals surface area contributed by atoms with Crippen LogP contribution in [0.2, 0.25) is 5.02 Å². The Morgan fingerprint density at radius 1 is 1.50 bits per heavy atom. The second kappa shape index (κ2) is 5.18. The number of hydrogen-bond acceptors (Lipinski definition) is 4. The molecule has 0 amide bonds. The fourth-order valence-corrected chi connectivity index (χ4v) is 3.63. The summed E-state index contributed by atoms with van der Waals surface area (Å²) in [5, 5.41) is 0.319. The van der Waals surface area contributed by atoms with E-state index in [0.717, 1.165) is 5.56 Å². The Hall–Kier alpha value is -0.820. The van der Waals surface area contributed by atoms with Gasteiger partial charge in [-0.25, -0.2) is 13.1 Å². The zero-order chi connectivity index (χ0) is 15.1. The number of fused-ring (bicyclic) bond motifs is 1. The minimum Gasteiger partial charge on any atom is -0.489 e. The lowest BCUT2D eigenvalue weighted by molar-refractivity contribution is 0.255. The van der Waals surface area contributed by atoms with Crippen LogP contribution in [0.5, 0.6) is 5.75 Å². The van der Waals surface area contributed by atoms with Gasteiger partial charge in [-0.1, -0.05) is 11.6 Å².